The topological polar surface area (TPSA) is 4.44 Å². The Morgan fingerprint density at radius 2 is 1.12 bits per heavy atom. The average molecular weight is 232 g/mol. The molecule has 17 heavy (non-hydrogen) atoms. The third kappa shape index (κ3) is 2.26. The van der Waals surface area contributed by atoms with Crippen LogP contribution >= 0.6 is 0 Å². The Morgan fingerprint density at radius 1 is 0.706 bits per heavy atom. The summed E-state index contributed by atoms with van der Waals surface area (Å²) in [5.74, 6) is 0. The predicted octanol–water partition coefficient (Wildman–Crippen LogP) is 2.41. The molecule has 1 heteroatoms. The maximum absolute atomic E-state index is 2.31. The van der Waals surface area contributed by atoms with E-state index in [9.17, 15) is 0 Å². The molecule has 0 amide bonds. The minimum atomic E-state index is 1.24. The molecule has 1 aliphatic heterocycles. The van der Waals surface area contributed by atoms with E-state index in [0.717, 1.165) is 0 Å². The summed E-state index contributed by atoms with van der Waals surface area (Å²) >= 11 is 0. The van der Waals surface area contributed by atoms with Crippen LogP contribution in [-0.4, -0.2) is 13.1 Å². The Morgan fingerprint density at radius 3 is 1.59 bits per heavy atom. The van der Waals surface area contributed by atoms with Crippen molar-refractivity contribution in [2.24, 2.45) is 0 Å². The van der Waals surface area contributed by atoms with Gasteiger partial charge in [0.25, 0.3) is 0 Å². The fraction of sp³-hybridized carbons (Fsp3) is 0.625. The van der Waals surface area contributed by atoms with Gasteiger partial charge in [0.05, 0.1) is 13.1 Å². The number of likely N-dealkylation sites (tertiary alicyclic amines) is 1. The van der Waals surface area contributed by atoms with Gasteiger partial charge in [-0.25, -0.2) is 0 Å². The largest absolute Gasteiger partial charge is 0.331 e. The van der Waals surface area contributed by atoms with Crippen molar-refractivity contribution in [3.8, 4) is 0 Å². The Balaban J connectivity index is 2.38. The Bertz CT molecular complexity index is 397. The quantitative estimate of drug-likeness (QED) is 0.799. The summed E-state index contributed by atoms with van der Waals surface area (Å²) in [6.45, 7) is 15.4. The molecule has 0 radical (unpaired) electrons. The standard InChI is InChI=1S/C16H25N/c1-11-12(2)14(4)16(15(5)13(11)3)10-17-8-6-7-9-17/h6-10H2,1-5H3/p+1. The predicted molar refractivity (Wildman–Crippen MR) is 73.8 cm³/mol. The molecule has 0 spiro atoms. The van der Waals surface area contributed by atoms with E-state index in [-0.39, 0.29) is 0 Å². The smallest absolute Gasteiger partial charge is 0.103 e. The second kappa shape index (κ2) is 4.81. The molecule has 1 aromatic rings. The van der Waals surface area contributed by atoms with E-state index in [1.54, 1.807) is 10.5 Å². The van der Waals surface area contributed by atoms with Crippen molar-refractivity contribution in [3.63, 3.8) is 0 Å². The first-order valence-corrected chi connectivity index (χ1v) is 6.91. The van der Waals surface area contributed by atoms with Gasteiger partial charge in [-0.15, -0.1) is 0 Å². The zero-order chi connectivity index (χ0) is 12.6. The van der Waals surface area contributed by atoms with Gasteiger partial charge in [0.2, 0.25) is 0 Å². The van der Waals surface area contributed by atoms with Crippen molar-refractivity contribution in [1.82, 2.24) is 0 Å². The lowest BCUT2D eigenvalue weighted by Gasteiger charge is -2.21. The van der Waals surface area contributed by atoms with Crippen LogP contribution in [0.2, 0.25) is 0 Å². The van der Waals surface area contributed by atoms with Gasteiger partial charge in [-0.3, -0.25) is 0 Å². The lowest BCUT2D eigenvalue weighted by Crippen LogP contribution is -3.08. The highest BCUT2D eigenvalue weighted by atomic mass is 15.1. The maximum Gasteiger partial charge on any atom is 0.103 e. The second-order valence-corrected chi connectivity index (χ2v) is 5.74. The first-order valence-electron chi connectivity index (χ1n) is 6.91. The molecule has 1 aromatic carbocycles. The second-order valence-electron chi connectivity index (χ2n) is 5.74. The van der Waals surface area contributed by atoms with Gasteiger partial charge in [-0.2, -0.15) is 0 Å². The van der Waals surface area contributed by atoms with E-state index in [4.69, 9.17) is 0 Å². The number of nitrogens with one attached hydrogen (secondary N) is 1. The van der Waals surface area contributed by atoms with E-state index in [1.165, 1.54) is 60.3 Å². The number of rotatable bonds is 2. The first kappa shape index (κ1) is 12.6. The summed E-state index contributed by atoms with van der Waals surface area (Å²) in [5.41, 5.74) is 9.17. The lowest BCUT2D eigenvalue weighted by atomic mass is 9.89. The SMILES string of the molecule is Cc1c(C)c(C)c(C[NH+]2CCCC2)c(C)c1C. The first-order chi connectivity index (χ1) is 8.02. The molecule has 0 aliphatic carbocycles. The molecule has 0 bridgehead atoms. The van der Waals surface area contributed by atoms with Crippen LogP contribution in [-0.2, 0) is 6.54 Å². The summed E-state index contributed by atoms with van der Waals surface area (Å²) in [7, 11) is 0. The van der Waals surface area contributed by atoms with Gasteiger partial charge in [0, 0.05) is 18.4 Å². The number of hydrogen-bond donors (Lipinski definition) is 1. The zero-order valence-electron chi connectivity index (χ0n) is 12.0. The molecule has 1 nitrogen and oxygen atoms in total. The van der Waals surface area contributed by atoms with Gasteiger partial charge >= 0.3 is 0 Å². The third-order valence-electron chi connectivity index (χ3n) is 4.89. The summed E-state index contributed by atoms with van der Waals surface area (Å²) in [5, 5.41) is 0. The molecule has 94 valence electrons. The monoisotopic (exact) mass is 232 g/mol. The minimum absolute atomic E-state index is 1.24. The number of benzene rings is 1. The summed E-state index contributed by atoms with van der Waals surface area (Å²) in [6.07, 6.45) is 2.83. The van der Waals surface area contributed by atoms with Crippen LogP contribution in [0.25, 0.3) is 0 Å². The maximum atomic E-state index is 2.31. The van der Waals surface area contributed by atoms with Crippen molar-refractivity contribution >= 4 is 0 Å². The molecular weight excluding hydrogens is 206 g/mol. The van der Waals surface area contributed by atoms with Crippen LogP contribution in [0.3, 0.4) is 0 Å². The molecule has 1 aliphatic rings. The Labute approximate surface area is 106 Å². The van der Waals surface area contributed by atoms with E-state index in [0.29, 0.717) is 0 Å². The fourth-order valence-corrected chi connectivity index (χ4v) is 3.14. The average Bonchev–Trinajstić information content (AvgIpc) is 2.82. The highest BCUT2D eigenvalue weighted by molar-refractivity contribution is 5.49. The van der Waals surface area contributed by atoms with Crippen LogP contribution in [0.4, 0.5) is 0 Å². The highest BCUT2D eigenvalue weighted by Gasteiger charge is 2.20. The van der Waals surface area contributed by atoms with E-state index in [2.05, 4.69) is 34.6 Å². The third-order valence-corrected chi connectivity index (χ3v) is 4.89. The molecule has 0 unspecified atom stereocenters. The van der Waals surface area contributed by atoms with Gasteiger partial charge in [-0.1, -0.05) is 0 Å². The van der Waals surface area contributed by atoms with Gasteiger partial charge in [0.1, 0.15) is 6.54 Å². The van der Waals surface area contributed by atoms with Crippen molar-refractivity contribution in [1.29, 1.82) is 0 Å². The molecule has 0 atom stereocenters. The molecule has 1 saturated heterocycles. The highest BCUT2D eigenvalue weighted by Crippen LogP contribution is 2.25. The summed E-state index contributed by atoms with van der Waals surface area (Å²) in [4.78, 5) is 1.78. The molecule has 0 aromatic heterocycles. The van der Waals surface area contributed by atoms with E-state index >= 15 is 0 Å². The molecule has 1 N–H and O–H groups in total. The molecule has 2 rings (SSSR count). The van der Waals surface area contributed by atoms with Crippen molar-refractivity contribution in [2.75, 3.05) is 13.1 Å². The van der Waals surface area contributed by atoms with Crippen molar-refractivity contribution < 1.29 is 4.90 Å². The molecule has 0 saturated carbocycles. The van der Waals surface area contributed by atoms with E-state index < -0.39 is 0 Å². The number of quaternary nitrogens is 1. The van der Waals surface area contributed by atoms with Crippen LogP contribution < -0.4 is 4.90 Å². The molecular formula is C16H26N+. The Kier molecular flexibility index (Phi) is 3.58. The van der Waals surface area contributed by atoms with Gasteiger partial charge < -0.3 is 4.90 Å². The molecule has 1 heterocycles. The minimum Gasteiger partial charge on any atom is -0.331 e. The van der Waals surface area contributed by atoms with E-state index in [1.807, 2.05) is 0 Å². The van der Waals surface area contributed by atoms with Crippen LogP contribution in [0.5, 0.6) is 0 Å². The van der Waals surface area contributed by atoms with Gasteiger partial charge in [0.15, 0.2) is 0 Å². The zero-order valence-corrected chi connectivity index (χ0v) is 12.0. The van der Waals surface area contributed by atoms with Crippen LogP contribution in [0, 0.1) is 34.6 Å². The number of hydrogen-bond acceptors (Lipinski definition) is 0. The summed E-state index contributed by atoms with van der Waals surface area (Å²) in [6, 6.07) is 0. The van der Waals surface area contributed by atoms with Crippen molar-refractivity contribution in [2.45, 2.75) is 54.0 Å². The molecule has 1 fully saturated rings. The normalized spacial score (nSPS) is 16.8. The lowest BCUT2D eigenvalue weighted by molar-refractivity contribution is -0.901. The van der Waals surface area contributed by atoms with Crippen LogP contribution in [0.1, 0.15) is 46.2 Å². The Hall–Kier alpha value is -0.820. The van der Waals surface area contributed by atoms with Gasteiger partial charge in [-0.05, 0) is 62.4 Å². The summed E-state index contributed by atoms with van der Waals surface area (Å²) < 4.78 is 0. The van der Waals surface area contributed by atoms with Crippen LogP contribution in [0.15, 0.2) is 0 Å². The fourth-order valence-electron chi connectivity index (χ4n) is 3.14. The van der Waals surface area contributed by atoms with Crippen molar-refractivity contribution in [3.05, 3.63) is 33.4 Å².